The summed E-state index contributed by atoms with van der Waals surface area (Å²) >= 11 is 0. The van der Waals surface area contributed by atoms with E-state index in [2.05, 4.69) is 10.0 Å². The molecular formula is C10H19N3O7. The monoisotopic (exact) mass is 293 g/mol. The summed E-state index contributed by atoms with van der Waals surface area (Å²) in [6, 6.07) is 0. The molecule has 0 aromatic rings. The Morgan fingerprint density at radius 1 is 1.10 bits per heavy atom. The number of aliphatic hydroxyl groups excluding tert-OH is 4. The molecule has 0 aromatic carbocycles. The van der Waals surface area contributed by atoms with Crippen LogP contribution in [-0.4, -0.2) is 84.1 Å². The second-order valence-corrected chi connectivity index (χ2v) is 4.13. The van der Waals surface area contributed by atoms with Gasteiger partial charge in [-0.25, -0.2) is 0 Å². The Labute approximate surface area is 115 Å². The molecule has 1 saturated heterocycles. The fourth-order valence-corrected chi connectivity index (χ4v) is 1.68. The molecule has 1 aliphatic rings. The van der Waals surface area contributed by atoms with Gasteiger partial charge in [0.15, 0.2) is 6.29 Å². The van der Waals surface area contributed by atoms with Gasteiger partial charge in [0.1, 0.15) is 24.4 Å². The molecular weight excluding hydrogens is 274 g/mol. The first-order valence-electron chi connectivity index (χ1n) is 6.12. The zero-order valence-corrected chi connectivity index (χ0v) is 10.8. The molecule has 1 fully saturated rings. The van der Waals surface area contributed by atoms with E-state index in [9.17, 15) is 15.3 Å². The number of aliphatic hydroxyl groups is 4. The predicted octanol–water partition coefficient (Wildman–Crippen LogP) is -1.87. The maximum Gasteiger partial charge on any atom is 0.186 e. The zero-order chi connectivity index (χ0) is 15.0. The Hall–Kier alpha value is -0.970. The highest BCUT2D eigenvalue weighted by atomic mass is 16.7. The van der Waals surface area contributed by atoms with E-state index in [1.54, 1.807) is 0 Å². The molecule has 4 N–H and O–H groups in total. The van der Waals surface area contributed by atoms with E-state index in [-0.39, 0.29) is 26.4 Å². The summed E-state index contributed by atoms with van der Waals surface area (Å²) in [7, 11) is 0. The van der Waals surface area contributed by atoms with Crippen LogP contribution in [0.1, 0.15) is 0 Å². The van der Waals surface area contributed by atoms with Crippen LogP contribution in [-0.2, 0) is 14.2 Å². The minimum atomic E-state index is -1.46. The van der Waals surface area contributed by atoms with Crippen molar-refractivity contribution in [1.29, 1.82) is 0 Å². The molecule has 0 radical (unpaired) electrons. The number of rotatable bonds is 8. The SMILES string of the molecule is [N-]=[N+]=NCCOCCO[C@H]1OC(CO)[C@@H](O)[C@H](O)C1O. The van der Waals surface area contributed by atoms with Crippen molar-refractivity contribution in [3.05, 3.63) is 10.4 Å². The molecule has 116 valence electrons. The van der Waals surface area contributed by atoms with E-state index in [0.29, 0.717) is 0 Å². The molecule has 1 rings (SSSR count). The lowest BCUT2D eigenvalue weighted by Crippen LogP contribution is -2.59. The van der Waals surface area contributed by atoms with Crippen molar-refractivity contribution in [2.24, 2.45) is 5.11 Å². The summed E-state index contributed by atoms with van der Waals surface area (Å²) in [5.74, 6) is 0. The van der Waals surface area contributed by atoms with Gasteiger partial charge in [0.25, 0.3) is 0 Å². The van der Waals surface area contributed by atoms with Gasteiger partial charge in [-0.05, 0) is 5.53 Å². The second-order valence-electron chi connectivity index (χ2n) is 4.13. The minimum Gasteiger partial charge on any atom is -0.394 e. The van der Waals surface area contributed by atoms with Gasteiger partial charge in [-0.1, -0.05) is 5.11 Å². The number of hydrogen-bond donors (Lipinski definition) is 4. The van der Waals surface area contributed by atoms with E-state index in [1.165, 1.54) is 0 Å². The van der Waals surface area contributed by atoms with E-state index in [4.69, 9.17) is 24.8 Å². The standard InChI is InChI=1S/C10H19N3O7/c11-13-12-1-2-18-3-4-19-10-9(17)8(16)7(15)6(5-14)20-10/h6-10,14-17H,1-5H2/t6?,7-,8+,9?,10+/m1/s1. The highest BCUT2D eigenvalue weighted by Gasteiger charge is 2.43. The quantitative estimate of drug-likeness (QED) is 0.177. The number of nitrogens with zero attached hydrogens (tertiary/aromatic N) is 3. The van der Waals surface area contributed by atoms with Gasteiger partial charge in [0.2, 0.25) is 0 Å². The molecule has 1 aliphatic heterocycles. The molecule has 2 unspecified atom stereocenters. The van der Waals surface area contributed by atoms with Crippen molar-refractivity contribution in [2.45, 2.75) is 30.7 Å². The Balaban J connectivity index is 2.26. The van der Waals surface area contributed by atoms with Crippen LogP contribution in [0.5, 0.6) is 0 Å². The van der Waals surface area contributed by atoms with Crippen LogP contribution in [0.15, 0.2) is 5.11 Å². The molecule has 10 nitrogen and oxygen atoms in total. The predicted molar refractivity (Wildman–Crippen MR) is 64.6 cm³/mol. The summed E-state index contributed by atoms with van der Waals surface area (Å²) in [4.78, 5) is 2.56. The van der Waals surface area contributed by atoms with Gasteiger partial charge in [-0.2, -0.15) is 0 Å². The first-order valence-corrected chi connectivity index (χ1v) is 6.12. The van der Waals surface area contributed by atoms with Gasteiger partial charge in [-0.15, -0.1) is 0 Å². The van der Waals surface area contributed by atoms with Gasteiger partial charge in [0, 0.05) is 11.5 Å². The van der Waals surface area contributed by atoms with Gasteiger partial charge in [-0.3, -0.25) is 0 Å². The smallest absolute Gasteiger partial charge is 0.186 e. The van der Waals surface area contributed by atoms with Crippen LogP contribution in [0.3, 0.4) is 0 Å². The fraction of sp³-hybridized carbons (Fsp3) is 1.00. The number of hydrogen-bond acceptors (Lipinski definition) is 8. The molecule has 0 aliphatic carbocycles. The lowest BCUT2D eigenvalue weighted by atomic mass is 9.99. The third kappa shape index (κ3) is 4.85. The van der Waals surface area contributed by atoms with Crippen LogP contribution in [0.4, 0.5) is 0 Å². The molecule has 10 heteroatoms. The van der Waals surface area contributed by atoms with Crippen molar-refractivity contribution >= 4 is 0 Å². The summed E-state index contributed by atoms with van der Waals surface area (Å²) in [6.45, 7) is 0.182. The van der Waals surface area contributed by atoms with Crippen molar-refractivity contribution in [3.8, 4) is 0 Å². The Morgan fingerprint density at radius 2 is 1.85 bits per heavy atom. The highest BCUT2D eigenvalue weighted by Crippen LogP contribution is 2.21. The average molecular weight is 293 g/mol. The molecule has 1 heterocycles. The summed E-state index contributed by atoms with van der Waals surface area (Å²) in [6.07, 6.45) is -6.45. The Bertz CT molecular complexity index is 324. The van der Waals surface area contributed by atoms with E-state index >= 15 is 0 Å². The van der Waals surface area contributed by atoms with E-state index < -0.39 is 37.3 Å². The highest BCUT2D eigenvalue weighted by molar-refractivity contribution is 4.88. The van der Waals surface area contributed by atoms with Crippen LogP contribution in [0.2, 0.25) is 0 Å². The van der Waals surface area contributed by atoms with E-state index in [1.807, 2.05) is 0 Å². The zero-order valence-electron chi connectivity index (χ0n) is 10.8. The van der Waals surface area contributed by atoms with Crippen LogP contribution >= 0.6 is 0 Å². The molecule has 0 aromatic heterocycles. The number of azide groups is 1. The van der Waals surface area contributed by atoms with Crippen LogP contribution < -0.4 is 0 Å². The second kappa shape index (κ2) is 9.06. The molecule has 5 atom stereocenters. The lowest BCUT2D eigenvalue weighted by Gasteiger charge is -2.39. The third-order valence-corrected chi connectivity index (χ3v) is 2.76. The Kier molecular flexibility index (Phi) is 7.73. The number of ether oxygens (including phenoxy) is 3. The Morgan fingerprint density at radius 3 is 2.50 bits per heavy atom. The van der Waals surface area contributed by atoms with Crippen LogP contribution in [0, 0.1) is 0 Å². The van der Waals surface area contributed by atoms with Gasteiger partial charge < -0.3 is 34.6 Å². The average Bonchev–Trinajstić information content (AvgIpc) is 2.46. The first kappa shape index (κ1) is 17.1. The van der Waals surface area contributed by atoms with Gasteiger partial charge in [0.05, 0.1) is 26.4 Å². The van der Waals surface area contributed by atoms with Crippen molar-refractivity contribution in [2.75, 3.05) is 33.0 Å². The summed E-state index contributed by atoms with van der Waals surface area (Å²) in [5.41, 5.74) is 8.03. The molecule has 0 spiro atoms. The maximum absolute atomic E-state index is 9.66. The van der Waals surface area contributed by atoms with Crippen molar-refractivity contribution in [3.63, 3.8) is 0 Å². The van der Waals surface area contributed by atoms with Crippen molar-refractivity contribution in [1.82, 2.24) is 0 Å². The van der Waals surface area contributed by atoms with E-state index in [0.717, 1.165) is 0 Å². The minimum absolute atomic E-state index is 0.0684. The fourth-order valence-electron chi connectivity index (χ4n) is 1.68. The maximum atomic E-state index is 9.66. The molecule has 0 saturated carbocycles. The molecule has 0 bridgehead atoms. The van der Waals surface area contributed by atoms with Crippen LogP contribution in [0.25, 0.3) is 10.4 Å². The molecule has 0 amide bonds. The normalized spacial score (nSPS) is 33.7. The largest absolute Gasteiger partial charge is 0.394 e. The summed E-state index contributed by atoms with van der Waals surface area (Å²) in [5, 5.41) is 41.0. The topological polar surface area (TPSA) is 157 Å². The first-order chi connectivity index (χ1) is 9.61. The van der Waals surface area contributed by atoms with Gasteiger partial charge >= 0.3 is 0 Å². The summed E-state index contributed by atoms with van der Waals surface area (Å²) < 4.78 is 15.4. The van der Waals surface area contributed by atoms with Crippen molar-refractivity contribution < 1.29 is 34.6 Å². The lowest BCUT2D eigenvalue weighted by molar-refractivity contribution is -0.302. The third-order valence-electron chi connectivity index (χ3n) is 2.76. The molecule has 20 heavy (non-hydrogen) atoms.